The SMILES string of the molecule is C=C1C(=O)O[C@@H]2/C=C(\C)[C@@H](OC(C)=O)[C@@H]3O[C@@H]3[C@](C)(O)C[C@@H](OC(=O)/C(C)=C\C)[C@@H]12. The maximum atomic E-state index is 12.5. The van der Waals surface area contributed by atoms with Crippen LogP contribution in [0.5, 0.6) is 0 Å². The smallest absolute Gasteiger partial charge is 0.334 e. The number of allylic oxidation sites excluding steroid dienone is 1. The van der Waals surface area contributed by atoms with E-state index in [-0.39, 0.29) is 12.0 Å². The summed E-state index contributed by atoms with van der Waals surface area (Å²) in [4.78, 5) is 36.4. The minimum Gasteiger partial charge on any atom is -0.458 e. The van der Waals surface area contributed by atoms with Gasteiger partial charge in [-0.15, -0.1) is 0 Å². The Bertz CT molecular complexity index is 836. The van der Waals surface area contributed by atoms with Crippen molar-refractivity contribution in [2.24, 2.45) is 5.92 Å². The second kappa shape index (κ2) is 8.00. The van der Waals surface area contributed by atoms with Crippen LogP contribution in [0.3, 0.4) is 0 Å². The minimum absolute atomic E-state index is 0.00654. The molecule has 164 valence electrons. The summed E-state index contributed by atoms with van der Waals surface area (Å²) in [5.74, 6) is -2.33. The molecule has 30 heavy (non-hydrogen) atoms. The van der Waals surface area contributed by atoms with Crippen molar-refractivity contribution in [3.63, 3.8) is 0 Å². The Morgan fingerprint density at radius 1 is 1.33 bits per heavy atom. The molecule has 0 amide bonds. The predicted octanol–water partition coefficient (Wildman–Crippen LogP) is 1.76. The average Bonchev–Trinajstić information content (AvgIpc) is 3.40. The molecule has 0 aromatic carbocycles. The molecule has 0 radical (unpaired) electrons. The van der Waals surface area contributed by atoms with E-state index >= 15 is 0 Å². The standard InChI is InChI=1S/C22H28O8/c1-7-10(2)20(24)29-15-9-22(6,26)19-18(30-19)17(27-13(5)23)11(3)8-14-16(15)12(4)21(25)28-14/h7-8,14-19,26H,4,9H2,1-3,5-6H3/b10-7-,11-8+/t14-,15-,16+,17-,18+,19+,22-/m1/s1. The number of rotatable bonds is 3. The number of hydrogen-bond donors (Lipinski definition) is 1. The van der Waals surface area contributed by atoms with Gasteiger partial charge in [0.25, 0.3) is 0 Å². The molecule has 1 N–H and O–H groups in total. The highest BCUT2D eigenvalue weighted by Crippen LogP contribution is 2.45. The summed E-state index contributed by atoms with van der Waals surface area (Å²) in [6.45, 7) is 11.8. The number of epoxide rings is 1. The molecule has 2 aliphatic heterocycles. The van der Waals surface area contributed by atoms with Crippen molar-refractivity contribution in [3.05, 3.63) is 35.5 Å². The monoisotopic (exact) mass is 420 g/mol. The van der Waals surface area contributed by atoms with Gasteiger partial charge in [-0.2, -0.15) is 0 Å². The molecule has 3 aliphatic rings. The van der Waals surface area contributed by atoms with Gasteiger partial charge in [-0.3, -0.25) is 4.79 Å². The molecule has 2 saturated heterocycles. The Balaban J connectivity index is 2.03. The van der Waals surface area contributed by atoms with E-state index in [1.165, 1.54) is 6.92 Å². The maximum Gasteiger partial charge on any atom is 0.334 e. The first-order chi connectivity index (χ1) is 14.0. The Morgan fingerprint density at radius 3 is 2.60 bits per heavy atom. The molecule has 2 fully saturated rings. The normalized spacial score (nSPS) is 40.3. The molecule has 8 heteroatoms. The highest BCUT2D eigenvalue weighted by atomic mass is 16.6. The lowest BCUT2D eigenvalue weighted by molar-refractivity contribution is -0.152. The topological polar surface area (TPSA) is 112 Å². The fourth-order valence-corrected chi connectivity index (χ4v) is 4.10. The molecule has 2 heterocycles. The zero-order chi connectivity index (χ0) is 22.4. The van der Waals surface area contributed by atoms with E-state index < -0.39 is 59.9 Å². The largest absolute Gasteiger partial charge is 0.458 e. The summed E-state index contributed by atoms with van der Waals surface area (Å²) < 4.78 is 22.3. The minimum atomic E-state index is -1.41. The van der Waals surface area contributed by atoms with E-state index in [2.05, 4.69) is 6.58 Å². The van der Waals surface area contributed by atoms with Gasteiger partial charge in [0.05, 0.1) is 11.5 Å². The maximum absolute atomic E-state index is 12.5. The van der Waals surface area contributed by atoms with Crippen molar-refractivity contribution in [1.29, 1.82) is 0 Å². The van der Waals surface area contributed by atoms with Crippen LogP contribution in [0.15, 0.2) is 35.5 Å². The molecule has 0 aromatic rings. The summed E-state index contributed by atoms with van der Waals surface area (Å²) in [6, 6.07) is 0. The van der Waals surface area contributed by atoms with Crippen LogP contribution in [0.1, 0.15) is 41.0 Å². The summed E-state index contributed by atoms with van der Waals surface area (Å²) in [6.07, 6.45) is -0.261. The fourth-order valence-electron chi connectivity index (χ4n) is 4.10. The lowest BCUT2D eigenvalue weighted by atomic mass is 9.80. The van der Waals surface area contributed by atoms with Gasteiger partial charge in [0.1, 0.15) is 24.4 Å². The van der Waals surface area contributed by atoms with Crippen molar-refractivity contribution in [3.8, 4) is 0 Å². The summed E-state index contributed by atoms with van der Waals surface area (Å²) in [7, 11) is 0. The van der Waals surface area contributed by atoms with Crippen molar-refractivity contribution in [2.75, 3.05) is 0 Å². The molecular formula is C22H28O8. The zero-order valence-electron chi connectivity index (χ0n) is 17.8. The van der Waals surface area contributed by atoms with E-state index in [1.54, 1.807) is 39.8 Å². The molecule has 0 bridgehead atoms. The van der Waals surface area contributed by atoms with Gasteiger partial charge in [0.15, 0.2) is 6.10 Å². The van der Waals surface area contributed by atoms with Crippen LogP contribution in [0.25, 0.3) is 0 Å². The van der Waals surface area contributed by atoms with Gasteiger partial charge >= 0.3 is 17.9 Å². The molecule has 0 saturated carbocycles. The molecule has 3 rings (SSSR count). The molecule has 7 atom stereocenters. The number of fused-ring (bicyclic) bond motifs is 2. The Labute approximate surface area is 175 Å². The Morgan fingerprint density at radius 2 is 2.00 bits per heavy atom. The predicted molar refractivity (Wildman–Crippen MR) is 105 cm³/mol. The summed E-state index contributed by atoms with van der Waals surface area (Å²) in [5, 5.41) is 11.1. The van der Waals surface area contributed by atoms with Crippen LogP contribution >= 0.6 is 0 Å². The van der Waals surface area contributed by atoms with Crippen molar-refractivity contribution in [1.82, 2.24) is 0 Å². The lowest BCUT2D eigenvalue weighted by Gasteiger charge is -2.33. The van der Waals surface area contributed by atoms with Crippen molar-refractivity contribution in [2.45, 2.75) is 77.2 Å². The van der Waals surface area contributed by atoms with Crippen LogP contribution in [0.2, 0.25) is 0 Å². The highest BCUT2D eigenvalue weighted by Gasteiger charge is 2.59. The molecule has 1 aliphatic carbocycles. The number of ether oxygens (including phenoxy) is 4. The van der Waals surface area contributed by atoms with Gasteiger partial charge in [0, 0.05) is 24.5 Å². The highest BCUT2D eigenvalue weighted by molar-refractivity contribution is 5.92. The number of hydrogen-bond acceptors (Lipinski definition) is 8. The summed E-state index contributed by atoms with van der Waals surface area (Å²) in [5.41, 5.74) is -0.232. The van der Waals surface area contributed by atoms with E-state index in [4.69, 9.17) is 18.9 Å². The van der Waals surface area contributed by atoms with Crippen LogP contribution in [-0.4, -0.2) is 59.1 Å². The second-order valence-electron chi connectivity index (χ2n) is 8.36. The van der Waals surface area contributed by atoms with E-state index in [0.717, 1.165) is 0 Å². The van der Waals surface area contributed by atoms with Crippen LogP contribution in [0, 0.1) is 5.92 Å². The fraction of sp³-hybridized carbons (Fsp3) is 0.591. The quantitative estimate of drug-likeness (QED) is 0.242. The first kappa shape index (κ1) is 22.2. The van der Waals surface area contributed by atoms with Crippen molar-refractivity contribution < 1.29 is 38.4 Å². The van der Waals surface area contributed by atoms with Gasteiger partial charge < -0.3 is 24.1 Å². The van der Waals surface area contributed by atoms with Crippen LogP contribution in [-0.2, 0) is 33.3 Å². The van der Waals surface area contributed by atoms with E-state index in [0.29, 0.717) is 11.1 Å². The average molecular weight is 420 g/mol. The first-order valence-electron chi connectivity index (χ1n) is 9.93. The molecule has 8 nitrogen and oxygen atoms in total. The third kappa shape index (κ3) is 4.20. The number of carbonyl (C=O) groups is 3. The van der Waals surface area contributed by atoms with Crippen LogP contribution in [0.4, 0.5) is 0 Å². The molecule has 0 unspecified atom stereocenters. The Kier molecular flexibility index (Phi) is 5.93. The Hall–Kier alpha value is -2.45. The zero-order valence-corrected chi connectivity index (χ0v) is 17.8. The van der Waals surface area contributed by atoms with Crippen molar-refractivity contribution >= 4 is 17.9 Å². The molecule has 0 spiro atoms. The third-order valence-electron chi connectivity index (χ3n) is 5.90. The summed E-state index contributed by atoms with van der Waals surface area (Å²) >= 11 is 0. The lowest BCUT2D eigenvalue weighted by Crippen LogP contribution is -2.45. The number of esters is 3. The third-order valence-corrected chi connectivity index (χ3v) is 5.90. The van der Waals surface area contributed by atoms with Gasteiger partial charge in [-0.05, 0) is 39.3 Å². The number of aliphatic hydroxyl groups is 1. The van der Waals surface area contributed by atoms with E-state index in [1.807, 2.05) is 0 Å². The van der Waals surface area contributed by atoms with E-state index in [9.17, 15) is 19.5 Å². The van der Waals surface area contributed by atoms with Gasteiger partial charge in [0.2, 0.25) is 0 Å². The van der Waals surface area contributed by atoms with Gasteiger partial charge in [-0.25, -0.2) is 9.59 Å². The first-order valence-corrected chi connectivity index (χ1v) is 9.93. The van der Waals surface area contributed by atoms with Crippen LogP contribution < -0.4 is 0 Å². The van der Waals surface area contributed by atoms with Gasteiger partial charge in [-0.1, -0.05) is 12.7 Å². The molecule has 0 aromatic heterocycles. The second-order valence-corrected chi connectivity index (χ2v) is 8.36. The molecular weight excluding hydrogens is 392 g/mol. The number of carbonyl (C=O) groups excluding carboxylic acids is 3.